The number of hydrogen-bond donors (Lipinski definition) is 4. The molecule has 0 radical (unpaired) electrons. The molecule has 12 heteroatoms. The van der Waals surface area contributed by atoms with Crippen molar-refractivity contribution in [2.75, 3.05) is 65.5 Å². The minimum absolute atomic E-state index is 0.0190. The van der Waals surface area contributed by atoms with Crippen LogP contribution in [0.25, 0.3) is 0 Å². The zero-order valence-corrected chi connectivity index (χ0v) is 30.7. The molecule has 0 aromatic heterocycles. The normalized spacial score (nSPS) is 10.9. The Hall–Kier alpha value is -2.73. The maximum atomic E-state index is 13.6. The summed E-state index contributed by atoms with van der Waals surface area (Å²) in [6, 6.07) is 0. The summed E-state index contributed by atoms with van der Waals surface area (Å²) in [4.78, 5) is 68.6. The van der Waals surface area contributed by atoms with Crippen LogP contribution >= 0.6 is 0 Å². The van der Waals surface area contributed by atoms with Gasteiger partial charge in [0.15, 0.2) is 0 Å². The van der Waals surface area contributed by atoms with E-state index < -0.39 is 17.7 Å². The maximum Gasteiger partial charge on any atom is 0.242 e. The van der Waals surface area contributed by atoms with Crippen LogP contribution in [0.3, 0.4) is 0 Å². The maximum absolute atomic E-state index is 13.6. The molecule has 0 saturated heterocycles. The van der Waals surface area contributed by atoms with Crippen LogP contribution in [0, 0.1) is 0 Å². The number of primary amides is 1. The summed E-state index contributed by atoms with van der Waals surface area (Å²) in [6.07, 6.45) is 18.8. The Morgan fingerprint density at radius 1 is 0.521 bits per heavy atom. The fourth-order valence-corrected chi connectivity index (χ4v) is 5.48. The van der Waals surface area contributed by atoms with Gasteiger partial charge >= 0.3 is 0 Å². The molecule has 280 valence electrons. The van der Waals surface area contributed by atoms with Gasteiger partial charge in [-0.05, 0) is 19.3 Å². The van der Waals surface area contributed by atoms with E-state index in [0.29, 0.717) is 19.6 Å². The van der Waals surface area contributed by atoms with Crippen molar-refractivity contribution < 1.29 is 29.1 Å². The van der Waals surface area contributed by atoms with E-state index in [4.69, 9.17) is 10.8 Å². The summed E-state index contributed by atoms with van der Waals surface area (Å²) in [5.74, 6) is -2.02. The number of unbranched alkanes of at least 4 members (excludes halogenated alkanes) is 15. The third-order valence-corrected chi connectivity index (χ3v) is 8.41. The number of aliphatic hydroxyl groups excluding tert-OH is 1. The van der Waals surface area contributed by atoms with Crippen LogP contribution in [-0.2, 0) is 24.0 Å². The second-order valence-electron chi connectivity index (χ2n) is 12.9. The number of hydrogen-bond acceptors (Lipinski definition) is 7. The fourth-order valence-electron chi connectivity index (χ4n) is 5.48. The SMILES string of the molecule is CCCCCCCCCCN(CC(=O)N(CCCCCCCC)CC(=O)NCC(=O)N(CCCCCC)CC(N)=O)C(=O)CNCCO. The number of nitrogens with one attached hydrogen (secondary N) is 2. The monoisotopic (exact) mass is 683 g/mol. The van der Waals surface area contributed by atoms with Crippen molar-refractivity contribution in [3.8, 4) is 0 Å². The minimum atomic E-state index is -0.612. The molecule has 0 aliphatic rings. The first-order valence-corrected chi connectivity index (χ1v) is 18.9. The van der Waals surface area contributed by atoms with E-state index in [-0.39, 0.29) is 57.7 Å². The van der Waals surface area contributed by atoms with Gasteiger partial charge in [0.05, 0.1) is 39.3 Å². The molecule has 0 aromatic rings. The minimum Gasteiger partial charge on any atom is -0.395 e. The average Bonchev–Trinajstić information content (AvgIpc) is 3.06. The Kier molecular flexibility index (Phi) is 29.7. The summed E-state index contributed by atoms with van der Waals surface area (Å²) in [5.41, 5.74) is 5.36. The van der Waals surface area contributed by atoms with Crippen molar-refractivity contribution in [1.82, 2.24) is 25.3 Å². The molecule has 0 rings (SSSR count). The molecule has 0 aliphatic carbocycles. The Labute approximate surface area is 291 Å². The molecule has 0 spiro atoms. The first-order chi connectivity index (χ1) is 23.2. The summed E-state index contributed by atoms with van der Waals surface area (Å²) in [7, 11) is 0. The Balaban J connectivity index is 5.39. The van der Waals surface area contributed by atoms with Gasteiger partial charge in [-0.25, -0.2) is 0 Å². The molecule has 5 N–H and O–H groups in total. The molecule has 5 amide bonds. The lowest BCUT2D eigenvalue weighted by molar-refractivity contribution is -0.142. The lowest BCUT2D eigenvalue weighted by Crippen LogP contribution is -2.50. The van der Waals surface area contributed by atoms with Gasteiger partial charge in [0.2, 0.25) is 29.5 Å². The average molecular weight is 683 g/mol. The van der Waals surface area contributed by atoms with E-state index >= 15 is 0 Å². The van der Waals surface area contributed by atoms with Crippen molar-refractivity contribution in [2.24, 2.45) is 5.73 Å². The topological polar surface area (TPSA) is 165 Å². The largest absolute Gasteiger partial charge is 0.395 e. The highest BCUT2D eigenvalue weighted by molar-refractivity contribution is 5.91. The van der Waals surface area contributed by atoms with Gasteiger partial charge in [-0.15, -0.1) is 0 Å². The predicted octanol–water partition coefficient (Wildman–Crippen LogP) is 3.74. The number of aliphatic hydroxyl groups is 1. The van der Waals surface area contributed by atoms with E-state index in [0.717, 1.165) is 89.9 Å². The van der Waals surface area contributed by atoms with E-state index in [9.17, 15) is 24.0 Å². The van der Waals surface area contributed by atoms with Crippen LogP contribution in [0.2, 0.25) is 0 Å². The Morgan fingerprint density at radius 3 is 1.38 bits per heavy atom. The van der Waals surface area contributed by atoms with Crippen LogP contribution in [-0.4, -0.2) is 115 Å². The van der Waals surface area contributed by atoms with Gasteiger partial charge in [0.25, 0.3) is 0 Å². The molecule has 0 atom stereocenters. The van der Waals surface area contributed by atoms with Crippen LogP contribution in [0.5, 0.6) is 0 Å². The summed E-state index contributed by atoms with van der Waals surface area (Å²) in [6.45, 7) is 6.99. The van der Waals surface area contributed by atoms with Crippen molar-refractivity contribution >= 4 is 29.5 Å². The highest BCUT2D eigenvalue weighted by Gasteiger charge is 2.23. The summed E-state index contributed by atoms with van der Waals surface area (Å²) in [5, 5.41) is 14.7. The van der Waals surface area contributed by atoms with E-state index in [1.807, 2.05) is 0 Å². The lowest BCUT2D eigenvalue weighted by atomic mass is 10.1. The highest BCUT2D eigenvalue weighted by atomic mass is 16.3. The standard InChI is InChI=1S/C36H70N6O6/c1-4-7-10-13-15-16-18-21-25-42(34(46)27-38-22-26-43)31-36(48)41(24-20-17-14-11-8-5-2)30-33(45)39-28-35(47)40(29-32(37)44)23-19-12-9-6-3/h38,43H,4-31H2,1-3H3,(H2,37,44)(H,39,45). The molecule has 0 saturated carbocycles. The fraction of sp³-hybridized carbons (Fsp3) is 0.861. The number of carbonyl (C=O) groups excluding carboxylic acids is 5. The number of carbonyl (C=O) groups is 5. The van der Waals surface area contributed by atoms with Gasteiger partial charge in [-0.1, -0.05) is 117 Å². The number of nitrogens with zero attached hydrogens (tertiary/aromatic N) is 3. The Bertz CT molecular complexity index is 874. The molecule has 0 fully saturated rings. The van der Waals surface area contributed by atoms with Gasteiger partial charge in [0.1, 0.15) is 0 Å². The molecule has 48 heavy (non-hydrogen) atoms. The summed E-state index contributed by atoms with van der Waals surface area (Å²) >= 11 is 0. The van der Waals surface area contributed by atoms with Crippen molar-refractivity contribution in [3.63, 3.8) is 0 Å². The number of nitrogens with two attached hydrogens (primary N) is 1. The molecule has 0 heterocycles. The van der Waals surface area contributed by atoms with Crippen LogP contribution < -0.4 is 16.4 Å². The molecule has 0 aromatic carbocycles. The van der Waals surface area contributed by atoms with Crippen molar-refractivity contribution in [3.05, 3.63) is 0 Å². The van der Waals surface area contributed by atoms with Crippen LogP contribution in [0.4, 0.5) is 0 Å². The van der Waals surface area contributed by atoms with Crippen LogP contribution in [0.15, 0.2) is 0 Å². The van der Waals surface area contributed by atoms with E-state index in [2.05, 4.69) is 31.4 Å². The third kappa shape index (κ3) is 25.3. The van der Waals surface area contributed by atoms with Gasteiger partial charge in [-0.3, -0.25) is 24.0 Å². The zero-order chi connectivity index (χ0) is 35.8. The molecular formula is C36H70N6O6. The second-order valence-corrected chi connectivity index (χ2v) is 12.9. The molecule has 12 nitrogen and oxygen atoms in total. The second kappa shape index (κ2) is 31.5. The molecule has 0 unspecified atom stereocenters. The van der Waals surface area contributed by atoms with Gasteiger partial charge in [0, 0.05) is 26.2 Å². The van der Waals surface area contributed by atoms with Gasteiger partial charge < -0.3 is 36.2 Å². The Morgan fingerprint density at radius 2 is 0.917 bits per heavy atom. The predicted molar refractivity (Wildman–Crippen MR) is 192 cm³/mol. The highest BCUT2D eigenvalue weighted by Crippen LogP contribution is 2.10. The first kappa shape index (κ1) is 45.3. The van der Waals surface area contributed by atoms with Gasteiger partial charge in [-0.2, -0.15) is 0 Å². The quantitative estimate of drug-likeness (QED) is 0.0766. The first-order valence-electron chi connectivity index (χ1n) is 18.9. The molecule has 0 aliphatic heterocycles. The smallest absolute Gasteiger partial charge is 0.242 e. The van der Waals surface area contributed by atoms with Crippen molar-refractivity contribution in [1.29, 1.82) is 0 Å². The summed E-state index contributed by atoms with van der Waals surface area (Å²) < 4.78 is 0. The lowest BCUT2D eigenvalue weighted by Gasteiger charge is -2.28. The third-order valence-electron chi connectivity index (χ3n) is 8.41. The number of rotatable bonds is 33. The van der Waals surface area contributed by atoms with E-state index in [1.54, 1.807) is 4.90 Å². The zero-order valence-electron chi connectivity index (χ0n) is 30.7. The van der Waals surface area contributed by atoms with Crippen molar-refractivity contribution in [2.45, 2.75) is 136 Å². The molecule has 0 bridgehead atoms. The number of amides is 5. The van der Waals surface area contributed by atoms with Crippen LogP contribution in [0.1, 0.15) is 136 Å². The van der Waals surface area contributed by atoms with E-state index in [1.165, 1.54) is 35.5 Å². The molecular weight excluding hydrogens is 612 g/mol.